The molecule has 11 nitrogen and oxygen atoms in total. The molecule has 2 saturated heterocycles. The van der Waals surface area contributed by atoms with Crippen LogP contribution >= 0.6 is 22.9 Å². The number of halogens is 3. The van der Waals surface area contributed by atoms with E-state index in [1.54, 1.807) is 9.80 Å². The maximum absolute atomic E-state index is 16.2. The van der Waals surface area contributed by atoms with Crippen molar-refractivity contribution in [3.63, 3.8) is 0 Å². The van der Waals surface area contributed by atoms with Crippen LogP contribution in [0.5, 0.6) is 5.75 Å². The molecule has 4 aromatic rings. The molecule has 3 aliphatic rings. The van der Waals surface area contributed by atoms with Crippen molar-refractivity contribution < 1.29 is 23.1 Å². The highest BCUT2D eigenvalue weighted by Gasteiger charge is 2.58. The molecular weight excluding hydrogens is 662 g/mol. The predicted octanol–water partition coefficient (Wildman–Crippen LogP) is 6.19. The van der Waals surface area contributed by atoms with Gasteiger partial charge in [-0.25, -0.2) is 18.6 Å². The lowest BCUT2D eigenvalue weighted by atomic mass is 9.64. The molecule has 0 saturated carbocycles. The Morgan fingerprint density at radius 3 is 2.69 bits per heavy atom. The number of rotatable bonds is 2. The van der Waals surface area contributed by atoms with E-state index in [0.717, 1.165) is 41.0 Å². The summed E-state index contributed by atoms with van der Waals surface area (Å²) in [6.07, 6.45) is 4.03. The highest BCUT2D eigenvalue weighted by Crippen LogP contribution is 2.51. The van der Waals surface area contributed by atoms with Gasteiger partial charge in [0.2, 0.25) is 0 Å². The average molecular weight is 691 g/mol. The number of nitrogens with zero attached hydrogens (tertiary/aromatic N) is 7. The summed E-state index contributed by atoms with van der Waals surface area (Å²) in [6.45, 7) is 4.96. The number of benzene rings is 2. The van der Waals surface area contributed by atoms with Gasteiger partial charge in [0.05, 0.1) is 27.5 Å². The van der Waals surface area contributed by atoms with Gasteiger partial charge in [-0.1, -0.05) is 37.9 Å². The van der Waals surface area contributed by atoms with Crippen LogP contribution in [0.1, 0.15) is 61.3 Å². The van der Waals surface area contributed by atoms with Crippen molar-refractivity contribution in [2.45, 2.75) is 51.6 Å². The molecule has 2 amide bonds. The molecule has 5 heterocycles. The molecular formula is C33H29ClF2N8O3S. The molecule has 1 spiro atoms. The molecule has 15 heteroatoms. The second-order valence-corrected chi connectivity index (χ2v) is 14.3. The van der Waals surface area contributed by atoms with Crippen molar-refractivity contribution in [3.05, 3.63) is 58.1 Å². The summed E-state index contributed by atoms with van der Waals surface area (Å²) in [5, 5.41) is 23.0. The lowest BCUT2D eigenvalue weighted by molar-refractivity contribution is -0.0833. The Labute approximate surface area is 283 Å². The number of fused-ring (bicyclic) bond motifs is 3. The maximum atomic E-state index is 16.2. The van der Waals surface area contributed by atoms with Crippen LogP contribution in [0.2, 0.25) is 5.02 Å². The van der Waals surface area contributed by atoms with E-state index in [9.17, 15) is 19.2 Å². The Morgan fingerprint density at radius 1 is 1.19 bits per heavy atom. The fraction of sp³-hybridized carbons (Fsp3) is 0.394. The van der Waals surface area contributed by atoms with Crippen molar-refractivity contribution in [2.75, 3.05) is 25.4 Å². The van der Waals surface area contributed by atoms with E-state index >= 15 is 4.39 Å². The van der Waals surface area contributed by atoms with Crippen molar-refractivity contribution >= 4 is 50.0 Å². The van der Waals surface area contributed by atoms with E-state index in [2.05, 4.69) is 10.1 Å². The topological polar surface area (TPSA) is 154 Å². The number of carbonyl (C=O) groups excluding carboxylic acids is 2. The minimum atomic E-state index is -0.830. The first-order valence-electron chi connectivity index (χ1n) is 15.5. The average Bonchev–Trinajstić information content (AvgIpc) is 3.60. The highest BCUT2D eigenvalue weighted by atomic mass is 35.5. The number of anilines is 1. The molecule has 3 unspecified atom stereocenters. The van der Waals surface area contributed by atoms with E-state index in [-0.39, 0.29) is 78.5 Å². The minimum Gasteiger partial charge on any atom is -0.491 e. The minimum absolute atomic E-state index is 0.0132. The summed E-state index contributed by atoms with van der Waals surface area (Å²) in [7, 11) is 0. The molecule has 246 valence electrons. The second-order valence-electron chi connectivity index (χ2n) is 12.9. The van der Waals surface area contributed by atoms with Crippen molar-refractivity contribution in [1.82, 2.24) is 24.6 Å². The monoisotopic (exact) mass is 690 g/mol. The van der Waals surface area contributed by atoms with Crippen molar-refractivity contribution in [1.29, 1.82) is 10.5 Å². The zero-order valence-electron chi connectivity index (χ0n) is 26.0. The highest BCUT2D eigenvalue weighted by molar-refractivity contribution is 7.23. The van der Waals surface area contributed by atoms with E-state index in [0.29, 0.717) is 25.9 Å². The standard InChI is InChI=1S/C33H29ClF2N8O3S/c1-16(2)29-33(14-43(29)32(46)44-15-40-23(12-38)41-44)8-3-4-17-7-9-47-27-19(31(45)42(17)13-33)10-22(36)25(26(27)34)18-5-6-21(35)28-24(18)20(11-37)30(39)48-28/h5-6,10,15-17,29H,3-4,7-9,13-14,39H2,1-2H3. The van der Waals surface area contributed by atoms with Gasteiger partial charge in [0, 0.05) is 48.0 Å². The van der Waals surface area contributed by atoms with Gasteiger partial charge in [-0.05, 0) is 36.5 Å². The fourth-order valence-corrected chi connectivity index (χ4v) is 9.25. The number of hydrogen-bond donors (Lipinski definition) is 1. The number of amides is 2. The molecule has 2 fully saturated rings. The number of hydrogen-bond acceptors (Lipinski definition) is 9. The van der Waals surface area contributed by atoms with E-state index in [1.807, 2.05) is 26.0 Å². The van der Waals surface area contributed by atoms with Gasteiger partial charge in [-0.3, -0.25) is 4.79 Å². The Hall–Kier alpha value is -4.79. The van der Waals surface area contributed by atoms with E-state index in [1.165, 1.54) is 12.4 Å². The maximum Gasteiger partial charge on any atom is 0.346 e. The van der Waals surface area contributed by atoms with Crippen molar-refractivity contribution in [3.8, 4) is 29.0 Å². The van der Waals surface area contributed by atoms with E-state index in [4.69, 9.17) is 27.3 Å². The summed E-state index contributed by atoms with van der Waals surface area (Å²) in [6, 6.07) is 6.62. The lowest BCUT2D eigenvalue weighted by Gasteiger charge is -2.60. The third kappa shape index (κ3) is 4.77. The van der Waals surface area contributed by atoms with Gasteiger partial charge >= 0.3 is 6.03 Å². The number of nitrogens with two attached hydrogens (primary N) is 1. The Bertz CT molecular complexity index is 2100. The normalized spacial score (nSPS) is 22.2. The van der Waals surface area contributed by atoms with Crippen LogP contribution in [-0.2, 0) is 0 Å². The van der Waals surface area contributed by atoms with Gasteiger partial charge in [0.25, 0.3) is 11.7 Å². The SMILES string of the molecule is CC(C)C1N(C(=O)n2cnc(C#N)n2)CC12CCCC1CCOc3c(cc(F)c(-c4ccc(F)c5sc(N)c(C#N)c45)c3Cl)C(=O)N1C2. The van der Waals surface area contributed by atoms with Crippen LogP contribution < -0.4 is 10.5 Å². The molecule has 0 radical (unpaired) electrons. The Balaban J connectivity index is 1.27. The number of aromatic nitrogens is 3. The van der Waals surface area contributed by atoms with Crippen LogP contribution in [0, 0.1) is 45.6 Å². The lowest BCUT2D eigenvalue weighted by Crippen LogP contribution is -2.71. The van der Waals surface area contributed by atoms with Gasteiger partial charge < -0.3 is 20.3 Å². The fourth-order valence-electron chi connectivity index (χ4n) is 7.95. The number of carbonyl (C=O) groups is 2. The number of thiophene rings is 1. The summed E-state index contributed by atoms with van der Waals surface area (Å²) in [5.41, 5.74) is 5.61. The van der Waals surface area contributed by atoms with Crippen LogP contribution in [0.3, 0.4) is 0 Å². The number of ether oxygens (including phenoxy) is 1. The third-order valence-corrected chi connectivity index (χ3v) is 11.2. The molecule has 0 bridgehead atoms. The quantitative estimate of drug-likeness (QED) is 0.261. The molecule has 3 aliphatic heterocycles. The summed E-state index contributed by atoms with van der Waals surface area (Å²) in [5.74, 6) is -1.93. The zero-order chi connectivity index (χ0) is 34.1. The van der Waals surface area contributed by atoms with Crippen LogP contribution in [-0.4, -0.2) is 68.3 Å². The van der Waals surface area contributed by atoms with Crippen LogP contribution in [0.15, 0.2) is 24.5 Å². The summed E-state index contributed by atoms with van der Waals surface area (Å²) in [4.78, 5) is 35.2. The van der Waals surface area contributed by atoms with Crippen LogP contribution in [0.4, 0.5) is 18.6 Å². The van der Waals surface area contributed by atoms with Gasteiger partial charge in [0.15, 0.2) is 5.75 Å². The van der Waals surface area contributed by atoms with E-state index < -0.39 is 29.0 Å². The molecule has 0 aliphatic carbocycles. The van der Waals surface area contributed by atoms with Crippen molar-refractivity contribution in [2.24, 2.45) is 11.3 Å². The summed E-state index contributed by atoms with van der Waals surface area (Å²) >= 11 is 7.76. The molecule has 2 N–H and O–H groups in total. The van der Waals surface area contributed by atoms with Gasteiger partial charge in [0.1, 0.15) is 35.1 Å². The Kier molecular flexibility index (Phi) is 7.76. The molecule has 2 aromatic carbocycles. The number of likely N-dealkylation sites (tertiary alicyclic amines) is 1. The first kappa shape index (κ1) is 31.8. The molecule has 7 rings (SSSR count). The smallest absolute Gasteiger partial charge is 0.346 e. The second kappa shape index (κ2) is 11.7. The molecule has 3 atom stereocenters. The van der Waals surface area contributed by atoms with Gasteiger partial charge in [-0.15, -0.1) is 16.4 Å². The number of nitrogen functional groups attached to an aromatic ring is 1. The first-order chi connectivity index (χ1) is 23.0. The van der Waals surface area contributed by atoms with Gasteiger partial charge in [-0.2, -0.15) is 15.2 Å². The Morgan fingerprint density at radius 2 is 1.98 bits per heavy atom. The molecule has 48 heavy (non-hydrogen) atoms. The largest absolute Gasteiger partial charge is 0.491 e. The summed E-state index contributed by atoms with van der Waals surface area (Å²) < 4.78 is 38.3. The zero-order valence-corrected chi connectivity index (χ0v) is 27.5. The predicted molar refractivity (Wildman–Crippen MR) is 173 cm³/mol. The number of nitriles is 2. The third-order valence-electron chi connectivity index (χ3n) is 9.81. The first-order valence-corrected chi connectivity index (χ1v) is 16.7. The van der Waals surface area contributed by atoms with Crippen LogP contribution in [0.25, 0.3) is 21.2 Å². The molecule has 2 aromatic heterocycles.